The predicted molar refractivity (Wildman–Crippen MR) is 79.5 cm³/mol. The fourth-order valence-electron chi connectivity index (χ4n) is 3.26. The minimum Gasteiger partial charge on any atom is -0.377 e. The molecule has 1 aliphatic carbocycles. The molecule has 21 heavy (non-hydrogen) atoms. The normalized spacial score (nSPS) is 33.6. The standard InChI is InChI=1S/C15H27N3O3/c1-3-17-14(19)13-9-21-7-6-18(13)15(20)11-4-5-12(16)10(2)8-11/h10-13H,3-9,16H2,1-2H3,(H,17,19). The SMILES string of the molecule is CCNC(=O)C1COCCN1C(=O)C1CCC(N)C(C)C1. The molecule has 1 saturated carbocycles. The van der Waals surface area contributed by atoms with Crippen molar-refractivity contribution < 1.29 is 14.3 Å². The zero-order valence-electron chi connectivity index (χ0n) is 13.0. The van der Waals surface area contributed by atoms with Gasteiger partial charge in [-0.25, -0.2) is 0 Å². The van der Waals surface area contributed by atoms with Gasteiger partial charge in [0.2, 0.25) is 11.8 Å². The number of morpholine rings is 1. The van der Waals surface area contributed by atoms with Crippen molar-refractivity contribution in [2.45, 2.75) is 45.2 Å². The summed E-state index contributed by atoms with van der Waals surface area (Å²) in [6, 6.07) is -0.296. The third kappa shape index (κ3) is 3.74. The Morgan fingerprint density at radius 1 is 1.38 bits per heavy atom. The van der Waals surface area contributed by atoms with Crippen LogP contribution in [0.2, 0.25) is 0 Å². The molecule has 2 rings (SSSR count). The zero-order chi connectivity index (χ0) is 15.4. The van der Waals surface area contributed by atoms with Crippen molar-refractivity contribution in [3.63, 3.8) is 0 Å². The van der Waals surface area contributed by atoms with Gasteiger partial charge in [-0.15, -0.1) is 0 Å². The van der Waals surface area contributed by atoms with Crippen molar-refractivity contribution in [2.24, 2.45) is 17.6 Å². The molecular weight excluding hydrogens is 270 g/mol. The van der Waals surface area contributed by atoms with Crippen molar-refractivity contribution in [1.82, 2.24) is 10.2 Å². The largest absolute Gasteiger partial charge is 0.377 e. The zero-order valence-corrected chi connectivity index (χ0v) is 13.0. The van der Waals surface area contributed by atoms with Gasteiger partial charge in [0.25, 0.3) is 0 Å². The second-order valence-electron chi connectivity index (χ2n) is 6.17. The van der Waals surface area contributed by atoms with E-state index in [1.54, 1.807) is 4.90 Å². The first-order valence-corrected chi connectivity index (χ1v) is 7.96. The molecule has 1 saturated heterocycles. The minimum atomic E-state index is -0.489. The summed E-state index contributed by atoms with van der Waals surface area (Å²) in [5.41, 5.74) is 6.03. The van der Waals surface area contributed by atoms with Crippen LogP contribution < -0.4 is 11.1 Å². The number of amides is 2. The van der Waals surface area contributed by atoms with E-state index in [4.69, 9.17) is 10.5 Å². The smallest absolute Gasteiger partial charge is 0.245 e. The molecule has 0 spiro atoms. The summed E-state index contributed by atoms with van der Waals surface area (Å²) in [6.07, 6.45) is 2.52. The molecule has 2 amide bonds. The highest BCUT2D eigenvalue weighted by Gasteiger charge is 2.38. The lowest BCUT2D eigenvalue weighted by Gasteiger charge is -2.39. The van der Waals surface area contributed by atoms with Gasteiger partial charge in [-0.05, 0) is 32.1 Å². The number of nitrogens with two attached hydrogens (primary N) is 1. The topological polar surface area (TPSA) is 84.7 Å². The van der Waals surface area contributed by atoms with E-state index in [0.29, 0.717) is 32.2 Å². The number of hydrogen-bond acceptors (Lipinski definition) is 4. The van der Waals surface area contributed by atoms with Crippen LogP contribution >= 0.6 is 0 Å². The van der Waals surface area contributed by atoms with Gasteiger partial charge in [-0.3, -0.25) is 9.59 Å². The minimum absolute atomic E-state index is 0.00479. The molecule has 0 radical (unpaired) electrons. The van der Waals surface area contributed by atoms with Crippen molar-refractivity contribution in [3.05, 3.63) is 0 Å². The third-order valence-electron chi connectivity index (χ3n) is 4.65. The van der Waals surface area contributed by atoms with Gasteiger partial charge in [-0.2, -0.15) is 0 Å². The summed E-state index contributed by atoms with van der Waals surface area (Å²) in [5, 5.41) is 2.79. The Labute approximate surface area is 126 Å². The molecule has 4 atom stereocenters. The van der Waals surface area contributed by atoms with Gasteiger partial charge < -0.3 is 20.7 Å². The monoisotopic (exact) mass is 297 g/mol. The number of nitrogens with zero attached hydrogens (tertiary/aromatic N) is 1. The highest BCUT2D eigenvalue weighted by Crippen LogP contribution is 2.30. The van der Waals surface area contributed by atoms with Gasteiger partial charge in [0.1, 0.15) is 6.04 Å². The molecule has 2 fully saturated rings. The number of hydrogen-bond donors (Lipinski definition) is 2. The number of carbonyl (C=O) groups is 2. The molecule has 3 N–H and O–H groups in total. The van der Waals surface area contributed by atoms with Crippen LogP contribution in [0, 0.1) is 11.8 Å². The number of nitrogens with one attached hydrogen (secondary N) is 1. The van der Waals surface area contributed by atoms with Crippen molar-refractivity contribution in [3.8, 4) is 0 Å². The summed E-state index contributed by atoms with van der Waals surface area (Å²) < 4.78 is 5.38. The molecule has 1 aliphatic heterocycles. The second-order valence-corrected chi connectivity index (χ2v) is 6.17. The fraction of sp³-hybridized carbons (Fsp3) is 0.867. The summed E-state index contributed by atoms with van der Waals surface area (Å²) in [5.74, 6) is 0.325. The lowest BCUT2D eigenvalue weighted by molar-refractivity contribution is -0.152. The summed E-state index contributed by atoms with van der Waals surface area (Å²) in [7, 11) is 0. The first-order chi connectivity index (χ1) is 10.0. The van der Waals surface area contributed by atoms with Crippen LogP contribution in [-0.2, 0) is 14.3 Å². The van der Waals surface area contributed by atoms with Gasteiger partial charge in [0.15, 0.2) is 0 Å². The Kier molecular flexibility index (Phi) is 5.58. The van der Waals surface area contributed by atoms with Crippen LogP contribution in [0.3, 0.4) is 0 Å². The lowest BCUT2D eigenvalue weighted by Crippen LogP contribution is -2.57. The fourth-order valence-corrected chi connectivity index (χ4v) is 3.26. The maximum Gasteiger partial charge on any atom is 0.245 e. The maximum atomic E-state index is 12.8. The van der Waals surface area contributed by atoms with Gasteiger partial charge in [0.05, 0.1) is 13.2 Å². The number of rotatable bonds is 3. The average molecular weight is 297 g/mol. The van der Waals surface area contributed by atoms with E-state index in [1.165, 1.54) is 0 Å². The molecule has 0 bridgehead atoms. The van der Waals surface area contributed by atoms with Crippen LogP contribution in [0.5, 0.6) is 0 Å². The van der Waals surface area contributed by atoms with Gasteiger partial charge in [-0.1, -0.05) is 6.92 Å². The first kappa shape index (κ1) is 16.2. The molecule has 0 aromatic heterocycles. The van der Waals surface area contributed by atoms with Crippen LogP contribution in [0.4, 0.5) is 0 Å². The molecule has 2 aliphatic rings. The van der Waals surface area contributed by atoms with E-state index >= 15 is 0 Å². The van der Waals surface area contributed by atoms with Gasteiger partial charge in [0, 0.05) is 25.0 Å². The molecule has 0 aromatic carbocycles. The van der Waals surface area contributed by atoms with E-state index in [2.05, 4.69) is 12.2 Å². The molecule has 1 heterocycles. The van der Waals surface area contributed by atoms with E-state index in [-0.39, 0.29) is 23.8 Å². The quantitative estimate of drug-likeness (QED) is 0.774. The predicted octanol–water partition coefficient (Wildman–Crippen LogP) is 0.113. The van der Waals surface area contributed by atoms with E-state index in [9.17, 15) is 9.59 Å². The molecule has 6 nitrogen and oxygen atoms in total. The van der Waals surface area contributed by atoms with Crippen molar-refractivity contribution in [1.29, 1.82) is 0 Å². The summed E-state index contributed by atoms with van der Waals surface area (Å²) in [4.78, 5) is 26.6. The second kappa shape index (κ2) is 7.22. The number of likely N-dealkylation sites (N-methyl/N-ethyl adjacent to an activating group) is 1. The highest BCUT2D eigenvalue weighted by molar-refractivity contribution is 5.88. The Balaban J connectivity index is 2.03. The van der Waals surface area contributed by atoms with Crippen molar-refractivity contribution in [2.75, 3.05) is 26.3 Å². The van der Waals surface area contributed by atoms with E-state index in [0.717, 1.165) is 19.3 Å². The van der Waals surface area contributed by atoms with E-state index < -0.39 is 6.04 Å². The van der Waals surface area contributed by atoms with Crippen LogP contribution in [0.15, 0.2) is 0 Å². The van der Waals surface area contributed by atoms with Crippen LogP contribution in [0.25, 0.3) is 0 Å². The van der Waals surface area contributed by atoms with Crippen LogP contribution in [-0.4, -0.2) is 55.1 Å². The highest BCUT2D eigenvalue weighted by atomic mass is 16.5. The Hall–Kier alpha value is -1.14. The number of carbonyl (C=O) groups excluding carboxylic acids is 2. The molecule has 4 unspecified atom stereocenters. The van der Waals surface area contributed by atoms with Gasteiger partial charge >= 0.3 is 0 Å². The number of ether oxygens (including phenoxy) is 1. The maximum absolute atomic E-state index is 12.8. The lowest BCUT2D eigenvalue weighted by atomic mass is 9.78. The molecule has 120 valence electrons. The Morgan fingerprint density at radius 3 is 2.81 bits per heavy atom. The summed E-state index contributed by atoms with van der Waals surface area (Å²) >= 11 is 0. The summed E-state index contributed by atoms with van der Waals surface area (Å²) in [6.45, 7) is 5.83. The average Bonchev–Trinajstić information content (AvgIpc) is 2.49. The Morgan fingerprint density at radius 2 is 2.14 bits per heavy atom. The Bertz CT molecular complexity index is 388. The first-order valence-electron chi connectivity index (χ1n) is 7.96. The molecular formula is C15H27N3O3. The van der Waals surface area contributed by atoms with Crippen LogP contribution in [0.1, 0.15) is 33.1 Å². The van der Waals surface area contributed by atoms with Crippen molar-refractivity contribution >= 4 is 11.8 Å². The molecule has 6 heteroatoms. The third-order valence-corrected chi connectivity index (χ3v) is 4.65. The molecule has 0 aromatic rings. The van der Waals surface area contributed by atoms with E-state index in [1.807, 2.05) is 6.92 Å².